The summed E-state index contributed by atoms with van der Waals surface area (Å²) in [5.41, 5.74) is 3.47. The number of ketones is 1. The Morgan fingerprint density at radius 2 is 1.61 bits per heavy atom. The minimum absolute atomic E-state index is 0.0181. The Morgan fingerprint density at radius 3 is 2.14 bits per heavy atom. The van der Waals surface area contributed by atoms with Crippen LogP contribution in [0.5, 0.6) is 0 Å². The van der Waals surface area contributed by atoms with Crippen molar-refractivity contribution >= 4 is 44.1 Å². The van der Waals surface area contributed by atoms with Gasteiger partial charge in [-0.25, -0.2) is 0 Å². The number of halogens is 2. The molecule has 3 rings (SSSR count). The average molecular weight is 460 g/mol. The molecule has 0 bridgehead atoms. The number of hydrogen-bond acceptors (Lipinski definition) is 2. The van der Waals surface area contributed by atoms with Gasteiger partial charge in [0.25, 0.3) is 0 Å². The van der Waals surface area contributed by atoms with E-state index >= 15 is 0 Å². The van der Waals surface area contributed by atoms with E-state index in [1.54, 1.807) is 6.92 Å². The molecule has 146 valence electrons. The summed E-state index contributed by atoms with van der Waals surface area (Å²) in [7, 11) is 0. The second kappa shape index (κ2) is 7.98. The van der Waals surface area contributed by atoms with Gasteiger partial charge in [-0.3, -0.25) is 4.79 Å². The van der Waals surface area contributed by atoms with Crippen LogP contribution in [0.4, 0.5) is 0 Å². The maximum Gasteiger partial charge on any atom is 0.163 e. The molecule has 1 atom stereocenters. The van der Waals surface area contributed by atoms with E-state index < -0.39 is 11.7 Å². The van der Waals surface area contributed by atoms with Crippen LogP contribution in [0.2, 0.25) is 5.02 Å². The van der Waals surface area contributed by atoms with E-state index in [0.29, 0.717) is 5.02 Å². The van der Waals surface area contributed by atoms with Crippen molar-refractivity contribution in [2.75, 3.05) is 0 Å². The lowest BCUT2D eigenvalue weighted by Crippen LogP contribution is -2.27. The van der Waals surface area contributed by atoms with Gasteiger partial charge in [0.1, 0.15) is 6.10 Å². The van der Waals surface area contributed by atoms with Crippen molar-refractivity contribution in [3.05, 3.63) is 69.2 Å². The number of hydrogen-bond donors (Lipinski definition) is 0. The Balaban J connectivity index is 2.43. The first-order valence-electron chi connectivity index (χ1n) is 9.25. The molecule has 0 fully saturated rings. The van der Waals surface area contributed by atoms with E-state index in [9.17, 15) is 4.79 Å². The molecule has 3 aromatic rings. The molecule has 0 unspecified atom stereocenters. The van der Waals surface area contributed by atoms with Crippen LogP contribution >= 0.6 is 27.5 Å². The predicted molar refractivity (Wildman–Crippen MR) is 121 cm³/mol. The molecule has 0 aliphatic rings. The minimum atomic E-state index is -0.661. The van der Waals surface area contributed by atoms with E-state index in [-0.39, 0.29) is 5.78 Å². The molecule has 0 spiro atoms. The highest BCUT2D eigenvalue weighted by molar-refractivity contribution is 9.10. The zero-order valence-electron chi connectivity index (χ0n) is 16.8. The Morgan fingerprint density at radius 1 is 1.04 bits per heavy atom. The highest BCUT2D eigenvalue weighted by Crippen LogP contribution is 2.44. The third kappa shape index (κ3) is 4.17. The van der Waals surface area contributed by atoms with Crippen LogP contribution in [0.25, 0.3) is 21.9 Å². The molecular formula is C24H24BrClO2. The molecule has 3 aromatic carbocycles. The predicted octanol–water partition coefficient (Wildman–Crippen LogP) is 7.68. The lowest BCUT2D eigenvalue weighted by Gasteiger charge is -2.30. The van der Waals surface area contributed by atoms with Crippen molar-refractivity contribution in [3.8, 4) is 11.1 Å². The normalized spacial score (nSPS) is 13.0. The summed E-state index contributed by atoms with van der Waals surface area (Å²) in [6.07, 6.45) is -0.661. The summed E-state index contributed by atoms with van der Waals surface area (Å²) in [6, 6.07) is 15.9. The highest BCUT2D eigenvalue weighted by atomic mass is 79.9. The molecule has 0 N–H and O–H groups in total. The lowest BCUT2D eigenvalue weighted by atomic mass is 9.86. The highest BCUT2D eigenvalue weighted by Gasteiger charge is 2.30. The molecule has 0 amide bonds. The smallest absolute Gasteiger partial charge is 0.163 e. The fourth-order valence-electron chi connectivity index (χ4n) is 3.50. The minimum Gasteiger partial charge on any atom is -0.360 e. The van der Waals surface area contributed by atoms with Gasteiger partial charge in [-0.15, -0.1) is 0 Å². The second-order valence-electron chi connectivity index (χ2n) is 8.00. The Kier molecular flexibility index (Phi) is 6.00. The lowest BCUT2D eigenvalue weighted by molar-refractivity contribution is -0.138. The third-order valence-electron chi connectivity index (χ3n) is 4.67. The van der Waals surface area contributed by atoms with E-state index in [0.717, 1.165) is 37.5 Å². The van der Waals surface area contributed by atoms with Crippen LogP contribution in [0.1, 0.15) is 44.9 Å². The van der Waals surface area contributed by atoms with Crippen LogP contribution < -0.4 is 0 Å². The largest absolute Gasteiger partial charge is 0.360 e. The zero-order valence-corrected chi connectivity index (χ0v) is 19.1. The third-order valence-corrected chi connectivity index (χ3v) is 5.95. The van der Waals surface area contributed by atoms with Crippen molar-refractivity contribution < 1.29 is 9.53 Å². The topological polar surface area (TPSA) is 26.3 Å². The maximum atomic E-state index is 12.7. The van der Waals surface area contributed by atoms with E-state index in [4.69, 9.17) is 16.3 Å². The molecule has 0 saturated heterocycles. The van der Waals surface area contributed by atoms with Gasteiger partial charge in [0.2, 0.25) is 0 Å². The summed E-state index contributed by atoms with van der Waals surface area (Å²) in [4.78, 5) is 12.7. The number of carbonyl (C=O) groups is 1. The Hall–Kier alpha value is -1.68. The van der Waals surface area contributed by atoms with Crippen molar-refractivity contribution in [1.82, 2.24) is 0 Å². The fourth-order valence-corrected chi connectivity index (χ4v) is 4.18. The summed E-state index contributed by atoms with van der Waals surface area (Å²) in [5, 5.41) is 2.85. The molecule has 2 nitrogen and oxygen atoms in total. The summed E-state index contributed by atoms with van der Waals surface area (Å²) in [5.74, 6) is -0.0181. The number of carbonyl (C=O) groups excluding carboxylic acids is 1. The van der Waals surface area contributed by atoms with Crippen molar-refractivity contribution in [2.24, 2.45) is 0 Å². The molecule has 0 aromatic heterocycles. The second-order valence-corrected chi connectivity index (χ2v) is 9.23. The van der Waals surface area contributed by atoms with Crippen LogP contribution in [-0.4, -0.2) is 11.4 Å². The first kappa shape index (κ1) is 21.0. The van der Waals surface area contributed by atoms with E-state index in [1.807, 2.05) is 64.1 Å². The van der Waals surface area contributed by atoms with Gasteiger partial charge in [-0.2, -0.15) is 0 Å². The van der Waals surface area contributed by atoms with Gasteiger partial charge in [0.15, 0.2) is 5.78 Å². The van der Waals surface area contributed by atoms with E-state index in [1.165, 1.54) is 0 Å². The molecule has 28 heavy (non-hydrogen) atoms. The van der Waals surface area contributed by atoms with Crippen LogP contribution in [0.15, 0.2) is 53.0 Å². The molecule has 0 aliphatic carbocycles. The van der Waals surface area contributed by atoms with Crippen molar-refractivity contribution in [1.29, 1.82) is 0 Å². The molecular weight excluding hydrogens is 436 g/mol. The molecule has 0 saturated carbocycles. The standard InChI is InChI=1S/C24H24BrClO2/c1-14-20(23(15(2)27)28-24(3,4)5)21(16-10-12-17(26)13-11-16)18-8-6-7-9-19(18)22(14)25/h6-13,23H,1-5H3/t23-/m0/s1. The number of rotatable bonds is 4. The quantitative estimate of drug-likeness (QED) is 0.400. The molecule has 0 aliphatic heterocycles. The van der Waals surface area contributed by atoms with Gasteiger partial charge in [-0.05, 0) is 90.1 Å². The molecule has 0 heterocycles. The van der Waals surface area contributed by atoms with E-state index in [2.05, 4.69) is 28.1 Å². The van der Waals surface area contributed by atoms with Crippen LogP contribution in [0, 0.1) is 6.92 Å². The van der Waals surface area contributed by atoms with Gasteiger partial charge in [0, 0.05) is 15.1 Å². The molecule has 0 radical (unpaired) electrons. The fraction of sp³-hybridized carbons (Fsp3) is 0.292. The van der Waals surface area contributed by atoms with Gasteiger partial charge < -0.3 is 4.74 Å². The average Bonchev–Trinajstić information content (AvgIpc) is 2.63. The summed E-state index contributed by atoms with van der Waals surface area (Å²) >= 11 is 9.89. The number of ether oxygens (including phenoxy) is 1. The summed E-state index contributed by atoms with van der Waals surface area (Å²) < 4.78 is 7.25. The first-order valence-corrected chi connectivity index (χ1v) is 10.4. The van der Waals surface area contributed by atoms with Gasteiger partial charge in [0.05, 0.1) is 5.60 Å². The first-order chi connectivity index (χ1) is 13.1. The maximum absolute atomic E-state index is 12.7. The van der Waals surface area contributed by atoms with Gasteiger partial charge >= 0.3 is 0 Å². The SMILES string of the molecule is CC(=O)[C@H](OC(C)(C)C)c1c(C)c(Br)c2ccccc2c1-c1ccc(Cl)cc1. The Bertz CT molecular complexity index is 1030. The Labute approximate surface area is 180 Å². The number of Topliss-reactive ketones (excluding diaryl/α,β-unsaturated/α-hetero) is 1. The van der Waals surface area contributed by atoms with Crippen LogP contribution in [0.3, 0.4) is 0 Å². The molecule has 4 heteroatoms. The monoisotopic (exact) mass is 458 g/mol. The van der Waals surface area contributed by atoms with Crippen molar-refractivity contribution in [3.63, 3.8) is 0 Å². The number of benzene rings is 3. The van der Waals surface area contributed by atoms with Crippen molar-refractivity contribution in [2.45, 2.75) is 46.3 Å². The number of fused-ring (bicyclic) bond motifs is 1. The summed E-state index contributed by atoms with van der Waals surface area (Å²) in [6.45, 7) is 9.53. The van der Waals surface area contributed by atoms with Crippen LogP contribution in [-0.2, 0) is 9.53 Å². The zero-order chi connectivity index (χ0) is 20.6. The van der Waals surface area contributed by atoms with Gasteiger partial charge in [-0.1, -0.05) is 48.0 Å².